The van der Waals surface area contributed by atoms with Gasteiger partial charge in [0.15, 0.2) is 0 Å². The molecule has 0 aliphatic rings. The molecule has 1 aromatic carbocycles. The molecule has 0 aromatic heterocycles. The van der Waals surface area contributed by atoms with Gasteiger partial charge in [-0.1, -0.05) is 0 Å². The lowest BCUT2D eigenvalue weighted by Crippen LogP contribution is -2.04. The van der Waals surface area contributed by atoms with Crippen LogP contribution in [0.3, 0.4) is 0 Å². The normalized spacial score (nSPS) is 11.8. The fourth-order valence-corrected chi connectivity index (χ4v) is 1.50. The molecule has 0 unspecified atom stereocenters. The van der Waals surface area contributed by atoms with Gasteiger partial charge in [-0.2, -0.15) is 0 Å². The van der Waals surface area contributed by atoms with Crippen LogP contribution in [0.5, 0.6) is 5.75 Å². The molecule has 0 aliphatic carbocycles. The fraction of sp³-hybridized carbons (Fsp3) is 0.231. The van der Waals surface area contributed by atoms with Gasteiger partial charge in [0, 0.05) is 11.8 Å². The minimum atomic E-state index is 0.238. The molecule has 0 bridgehead atoms. The summed E-state index contributed by atoms with van der Waals surface area (Å²) in [6.45, 7) is 5.61. The van der Waals surface area contributed by atoms with Crippen LogP contribution in [0.4, 0.5) is 0 Å². The molecule has 2 N–H and O–H groups in total. The Morgan fingerprint density at radius 1 is 1.53 bits per heavy atom. The third kappa shape index (κ3) is 3.53. The predicted octanol–water partition coefficient (Wildman–Crippen LogP) is 1.92. The van der Waals surface area contributed by atoms with E-state index >= 15 is 0 Å². The van der Waals surface area contributed by atoms with Gasteiger partial charge in [0.05, 0.1) is 19.5 Å². The fourth-order valence-electron chi connectivity index (χ4n) is 1.50. The SMILES string of the molecule is C=N/C=C\C(=N/CN)c1ccc(OC)c(C)c1. The molecule has 1 rings (SSSR count). The Labute approximate surface area is 102 Å². The van der Waals surface area contributed by atoms with Gasteiger partial charge < -0.3 is 10.5 Å². The van der Waals surface area contributed by atoms with E-state index in [2.05, 4.69) is 16.7 Å². The van der Waals surface area contributed by atoms with Crippen molar-refractivity contribution in [3.63, 3.8) is 0 Å². The second-order valence-electron chi connectivity index (χ2n) is 3.41. The summed E-state index contributed by atoms with van der Waals surface area (Å²) < 4.78 is 5.21. The number of aryl methyl sites for hydroxylation is 1. The van der Waals surface area contributed by atoms with Crippen molar-refractivity contribution in [3.8, 4) is 5.75 Å². The zero-order valence-corrected chi connectivity index (χ0v) is 10.2. The van der Waals surface area contributed by atoms with Crippen molar-refractivity contribution in [2.75, 3.05) is 13.8 Å². The molecule has 4 nitrogen and oxygen atoms in total. The van der Waals surface area contributed by atoms with E-state index in [4.69, 9.17) is 10.5 Å². The molecule has 0 atom stereocenters. The smallest absolute Gasteiger partial charge is 0.121 e. The van der Waals surface area contributed by atoms with E-state index in [1.807, 2.05) is 25.1 Å². The molecule has 0 saturated carbocycles. The molecular weight excluding hydrogens is 214 g/mol. The minimum Gasteiger partial charge on any atom is -0.496 e. The molecule has 0 amide bonds. The Morgan fingerprint density at radius 3 is 2.82 bits per heavy atom. The number of methoxy groups -OCH3 is 1. The largest absolute Gasteiger partial charge is 0.496 e. The first-order valence-corrected chi connectivity index (χ1v) is 5.24. The standard InChI is InChI=1S/C13H17N3O/c1-10-8-11(4-5-13(10)17-3)12(16-9-14)6-7-15-2/h4-8H,2,9,14H2,1,3H3/b7-6-,16-12+. The Morgan fingerprint density at radius 2 is 2.29 bits per heavy atom. The second-order valence-corrected chi connectivity index (χ2v) is 3.41. The molecule has 0 heterocycles. The molecule has 90 valence electrons. The van der Waals surface area contributed by atoms with Crippen LogP contribution in [0, 0.1) is 6.92 Å². The monoisotopic (exact) mass is 231 g/mol. The van der Waals surface area contributed by atoms with E-state index in [0.29, 0.717) is 0 Å². The predicted molar refractivity (Wildman–Crippen MR) is 72.0 cm³/mol. The van der Waals surface area contributed by atoms with Crippen LogP contribution in [0.15, 0.2) is 40.5 Å². The highest BCUT2D eigenvalue weighted by atomic mass is 16.5. The average Bonchev–Trinajstić information content (AvgIpc) is 2.34. The van der Waals surface area contributed by atoms with Gasteiger partial charge in [-0.15, -0.1) is 0 Å². The van der Waals surface area contributed by atoms with Crippen molar-refractivity contribution in [1.82, 2.24) is 0 Å². The number of hydrogen-bond acceptors (Lipinski definition) is 4. The lowest BCUT2D eigenvalue weighted by molar-refractivity contribution is 0.411. The average molecular weight is 231 g/mol. The summed E-state index contributed by atoms with van der Waals surface area (Å²) in [5, 5.41) is 0. The Kier molecular flexibility index (Phi) is 5.10. The number of aliphatic imine (C=N–C) groups is 2. The van der Waals surface area contributed by atoms with Gasteiger partial charge in [-0.3, -0.25) is 9.98 Å². The number of ether oxygens (including phenoxy) is 1. The highest BCUT2D eigenvalue weighted by Crippen LogP contribution is 2.19. The van der Waals surface area contributed by atoms with Crippen LogP contribution in [0.1, 0.15) is 11.1 Å². The van der Waals surface area contributed by atoms with Crippen LogP contribution < -0.4 is 10.5 Å². The van der Waals surface area contributed by atoms with Crippen LogP contribution in [0.2, 0.25) is 0 Å². The van der Waals surface area contributed by atoms with Crippen molar-refractivity contribution >= 4 is 12.4 Å². The number of nitrogens with two attached hydrogens (primary N) is 1. The van der Waals surface area contributed by atoms with Gasteiger partial charge in [0.2, 0.25) is 0 Å². The maximum absolute atomic E-state index is 5.44. The lowest BCUT2D eigenvalue weighted by atomic mass is 10.1. The molecule has 0 aliphatic heterocycles. The highest BCUT2D eigenvalue weighted by molar-refractivity contribution is 6.08. The van der Waals surface area contributed by atoms with Crippen molar-refractivity contribution in [1.29, 1.82) is 0 Å². The molecule has 0 saturated heterocycles. The van der Waals surface area contributed by atoms with E-state index in [1.165, 1.54) is 0 Å². The Bertz CT molecular complexity index is 450. The van der Waals surface area contributed by atoms with E-state index in [1.54, 1.807) is 19.4 Å². The van der Waals surface area contributed by atoms with Crippen LogP contribution in [-0.2, 0) is 0 Å². The number of rotatable bonds is 5. The van der Waals surface area contributed by atoms with E-state index in [9.17, 15) is 0 Å². The van der Waals surface area contributed by atoms with E-state index < -0.39 is 0 Å². The number of hydrogen-bond donors (Lipinski definition) is 1. The molecule has 0 fully saturated rings. The number of allylic oxidation sites excluding steroid dienone is 1. The zero-order valence-electron chi connectivity index (χ0n) is 10.2. The highest BCUT2D eigenvalue weighted by Gasteiger charge is 2.03. The molecule has 4 heteroatoms. The van der Waals surface area contributed by atoms with Crippen LogP contribution in [-0.4, -0.2) is 26.2 Å². The van der Waals surface area contributed by atoms with Crippen molar-refractivity contribution in [2.24, 2.45) is 15.7 Å². The van der Waals surface area contributed by atoms with E-state index in [0.717, 1.165) is 22.6 Å². The summed E-state index contributed by atoms with van der Waals surface area (Å²) in [4.78, 5) is 7.87. The minimum absolute atomic E-state index is 0.238. The quantitative estimate of drug-likeness (QED) is 0.787. The second kappa shape index (κ2) is 6.60. The molecule has 0 spiro atoms. The maximum atomic E-state index is 5.44. The van der Waals surface area contributed by atoms with Crippen LogP contribution in [0.25, 0.3) is 0 Å². The molecule has 1 aromatic rings. The Hall–Kier alpha value is -1.94. The summed E-state index contributed by atoms with van der Waals surface area (Å²) in [6, 6.07) is 5.85. The third-order valence-corrected chi connectivity index (χ3v) is 2.29. The summed E-state index contributed by atoms with van der Waals surface area (Å²) in [5.41, 5.74) is 8.25. The first kappa shape index (κ1) is 13.1. The lowest BCUT2D eigenvalue weighted by Gasteiger charge is -2.07. The van der Waals surface area contributed by atoms with Gasteiger partial charge in [0.25, 0.3) is 0 Å². The third-order valence-electron chi connectivity index (χ3n) is 2.29. The van der Waals surface area contributed by atoms with Gasteiger partial charge in [0.1, 0.15) is 5.75 Å². The summed E-state index contributed by atoms with van der Waals surface area (Å²) in [5.74, 6) is 0.853. The van der Waals surface area contributed by atoms with Gasteiger partial charge >= 0.3 is 0 Å². The number of benzene rings is 1. The van der Waals surface area contributed by atoms with Gasteiger partial charge in [-0.25, -0.2) is 0 Å². The molecule has 17 heavy (non-hydrogen) atoms. The number of nitrogens with zero attached hydrogens (tertiary/aromatic N) is 2. The molecule has 0 radical (unpaired) electrons. The zero-order chi connectivity index (χ0) is 12.7. The summed E-state index contributed by atoms with van der Waals surface area (Å²) >= 11 is 0. The van der Waals surface area contributed by atoms with Crippen molar-refractivity contribution in [3.05, 3.63) is 41.6 Å². The first-order valence-electron chi connectivity index (χ1n) is 5.24. The topological polar surface area (TPSA) is 60.0 Å². The van der Waals surface area contributed by atoms with Gasteiger partial charge in [-0.05, 0) is 43.5 Å². The van der Waals surface area contributed by atoms with Crippen LogP contribution >= 0.6 is 0 Å². The summed E-state index contributed by atoms with van der Waals surface area (Å²) in [7, 11) is 1.65. The van der Waals surface area contributed by atoms with Crippen molar-refractivity contribution in [2.45, 2.75) is 6.92 Å². The first-order chi connectivity index (χ1) is 8.22. The van der Waals surface area contributed by atoms with E-state index in [-0.39, 0.29) is 6.67 Å². The Balaban J connectivity index is 3.11. The molecular formula is C13H17N3O. The van der Waals surface area contributed by atoms with Crippen molar-refractivity contribution < 1.29 is 4.74 Å². The summed E-state index contributed by atoms with van der Waals surface area (Å²) in [6.07, 6.45) is 3.37. The maximum Gasteiger partial charge on any atom is 0.121 e.